The molecule has 6 heteroatoms. The van der Waals surface area contributed by atoms with Crippen LogP contribution in [0.1, 0.15) is 36.5 Å². The number of benzene rings is 1. The van der Waals surface area contributed by atoms with Gasteiger partial charge in [-0.3, -0.25) is 5.41 Å². The van der Waals surface area contributed by atoms with E-state index in [4.69, 9.17) is 20.6 Å². The van der Waals surface area contributed by atoms with Crippen LogP contribution in [0.15, 0.2) is 34.9 Å². The summed E-state index contributed by atoms with van der Waals surface area (Å²) in [6, 6.07) is 7.65. The average molecular weight is 378 g/mol. The van der Waals surface area contributed by atoms with E-state index in [1.807, 2.05) is 39.0 Å². The van der Waals surface area contributed by atoms with Gasteiger partial charge in [-0.1, -0.05) is 31.5 Å². The van der Waals surface area contributed by atoms with Crippen molar-refractivity contribution in [3.63, 3.8) is 0 Å². The van der Waals surface area contributed by atoms with Gasteiger partial charge in [-0.15, -0.1) is 0 Å². The highest BCUT2D eigenvalue weighted by atomic mass is 79.9. The Kier molecular flexibility index (Phi) is 5.60. The monoisotopic (exact) mass is 377 g/mol. The van der Waals surface area contributed by atoms with Crippen LogP contribution in [-0.2, 0) is 4.74 Å². The van der Waals surface area contributed by atoms with E-state index in [1.54, 1.807) is 6.20 Å². The number of rotatable bonds is 2. The van der Waals surface area contributed by atoms with Gasteiger partial charge >= 0.3 is 0 Å². The molecule has 0 spiro atoms. The maximum atomic E-state index is 7.26. The molecule has 1 unspecified atom stereocenters. The Balaban J connectivity index is 0.000000924. The van der Waals surface area contributed by atoms with E-state index in [1.165, 1.54) is 0 Å². The van der Waals surface area contributed by atoms with E-state index in [2.05, 4.69) is 27.0 Å². The number of fused-ring (bicyclic) bond motifs is 2. The fourth-order valence-electron chi connectivity index (χ4n) is 2.43. The van der Waals surface area contributed by atoms with Crippen molar-refractivity contribution in [2.24, 2.45) is 5.73 Å². The first-order valence-electron chi connectivity index (χ1n) is 7.45. The molecule has 0 fully saturated rings. The van der Waals surface area contributed by atoms with Crippen molar-refractivity contribution >= 4 is 22.0 Å². The highest BCUT2D eigenvalue weighted by molar-refractivity contribution is 9.10. The van der Waals surface area contributed by atoms with Crippen LogP contribution in [0.2, 0.25) is 0 Å². The van der Waals surface area contributed by atoms with Gasteiger partial charge < -0.3 is 15.2 Å². The van der Waals surface area contributed by atoms with E-state index >= 15 is 0 Å². The quantitative estimate of drug-likeness (QED) is 0.602. The summed E-state index contributed by atoms with van der Waals surface area (Å²) in [5.74, 6) is 1.25. The maximum Gasteiger partial charge on any atom is 0.279 e. The number of aryl methyl sites for hydroxylation is 1. The highest BCUT2D eigenvalue weighted by Crippen LogP contribution is 2.44. The molecule has 1 aromatic heterocycles. The SMILES string of the molecule is CC.Cc1ccc2c(c1)C(COC(=N)N)c1cc(Br)cnc1O2. The van der Waals surface area contributed by atoms with Gasteiger partial charge in [-0.25, -0.2) is 4.98 Å². The molecule has 122 valence electrons. The Hall–Kier alpha value is -2.08. The fourth-order valence-corrected chi connectivity index (χ4v) is 2.78. The number of nitrogens with zero attached hydrogens (tertiary/aromatic N) is 1. The predicted molar refractivity (Wildman–Crippen MR) is 94.2 cm³/mol. The zero-order valence-corrected chi connectivity index (χ0v) is 15.0. The minimum atomic E-state index is -0.291. The molecule has 0 radical (unpaired) electrons. The summed E-state index contributed by atoms with van der Waals surface area (Å²) in [5, 5.41) is 7.26. The standard InChI is InChI=1S/C15H14BrN3O2.C2H6/c1-8-2-3-13-10(4-8)12(7-20-15(17)18)11-5-9(16)6-19-14(11)21-13;1-2/h2-6,12H,7H2,1H3,(H3,17,18);1-2H3. The van der Waals surface area contributed by atoms with Crippen molar-refractivity contribution < 1.29 is 9.47 Å². The van der Waals surface area contributed by atoms with Crippen LogP contribution in [0.4, 0.5) is 0 Å². The summed E-state index contributed by atoms with van der Waals surface area (Å²) >= 11 is 3.43. The van der Waals surface area contributed by atoms with Crippen molar-refractivity contribution in [2.45, 2.75) is 26.7 Å². The number of pyridine rings is 1. The summed E-state index contributed by atoms with van der Waals surface area (Å²) in [5.41, 5.74) is 8.39. The first kappa shape index (κ1) is 17.3. The number of amidine groups is 1. The van der Waals surface area contributed by atoms with Crippen LogP contribution in [0.5, 0.6) is 11.6 Å². The molecule has 1 atom stereocenters. The lowest BCUT2D eigenvalue weighted by Gasteiger charge is -2.27. The van der Waals surface area contributed by atoms with E-state index in [9.17, 15) is 0 Å². The third-order valence-corrected chi connectivity index (χ3v) is 3.81. The lowest BCUT2D eigenvalue weighted by atomic mass is 9.89. The van der Waals surface area contributed by atoms with Gasteiger partial charge in [-0.2, -0.15) is 0 Å². The summed E-state index contributed by atoms with van der Waals surface area (Å²) in [4.78, 5) is 4.31. The number of halogens is 1. The van der Waals surface area contributed by atoms with Crippen molar-refractivity contribution in [1.82, 2.24) is 4.98 Å². The Bertz CT molecular complexity index is 667. The van der Waals surface area contributed by atoms with Gasteiger partial charge in [0.1, 0.15) is 12.4 Å². The number of nitrogens with two attached hydrogens (primary N) is 1. The number of aromatic nitrogens is 1. The van der Waals surface area contributed by atoms with Gasteiger partial charge in [0, 0.05) is 21.8 Å². The van der Waals surface area contributed by atoms with Gasteiger partial charge in [0.05, 0.1) is 5.92 Å². The van der Waals surface area contributed by atoms with Crippen LogP contribution >= 0.6 is 15.9 Å². The maximum absolute atomic E-state index is 7.26. The molecule has 3 N–H and O–H groups in total. The normalized spacial score (nSPS) is 14.5. The molecule has 0 amide bonds. The van der Waals surface area contributed by atoms with Crippen molar-refractivity contribution in [2.75, 3.05) is 6.61 Å². The van der Waals surface area contributed by atoms with Crippen LogP contribution in [0.3, 0.4) is 0 Å². The molecule has 3 rings (SSSR count). The minimum absolute atomic E-state index is 0.0717. The zero-order chi connectivity index (χ0) is 17.0. The van der Waals surface area contributed by atoms with Crippen molar-refractivity contribution in [3.05, 3.63) is 51.6 Å². The largest absolute Gasteiger partial charge is 0.465 e. The smallest absolute Gasteiger partial charge is 0.279 e. The molecule has 23 heavy (non-hydrogen) atoms. The van der Waals surface area contributed by atoms with Crippen molar-refractivity contribution in [1.29, 1.82) is 5.41 Å². The van der Waals surface area contributed by atoms with Crippen LogP contribution in [-0.4, -0.2) is 17.6 Å². The second-order valence-corrected chi connectivity index (χ2v) is 5.83. The van der Waals surface area contributed by atoms with Gasteiger partial charge in [-0.05, 0) is 35.0 Å². The highest BCUT2D eigenvalue weighted by Gasteiger charge is 2.29. The summed E-state index contributed by atoms with van der Waals surface area (Å²) in [6.07, 6.45) is 1.70. The van der Waals surface area contributed by atoms with E-state index < -0.39 is 0 Å². The average Bonchev–Trinajstić information content (AvgIpc) is 2.54. The van der Waals surface area contributed by atoms with Gasteiger partial charge in [0.2, 0.25) is 5.88 Å². The molecule has 1 aromatic carbocycles. The first-order chi connectivity index (χ1) is 11.0. The number of nitrogens with one attached hydrogen (secondary N) is 1. The van der Waals surface area contributed by atoms with Crippen LogP contribution in [0.25, 0.3) is 0 Å². The van der Waals surface area contributed by atoms with Crippen molar-refractivity contribution in [3.8, 4) is 11.6 Å². The number of hydrogen-bond acceptors (Lipinski definition) is 4. The number of ether oxygens (including phenoxy) is 2. The molecule has 0 saturated heterocycles. The van der Waals surface area contributed by atoms with Crippen LogP contribution < -0.4 is 10.5 Å². The van der Waals surface area contributed by atoms with Gasteiger partial charge in [0.15, 0.2) is 0 Å². The molecule has 0 bridgehead atoms. The van der Waals surface area contributed by atoms with E-state index in [-0.39, 0.29) is 18.5 Å². The summed E-state index contributed by atoms with van der Waals surface area (Å²) in [6.45, 7) is 6.30. The van der Waals surface area contributed by atoms with Crippen LogP contribution in [0, 0.1) is 12.3 Å². The molecular weight excluding hydrogens is 358 g/mol. The van der Waals surface area contributed by atoms with E-state index in [0.717, 1.165) is 26.9 Å². The van der Waals surface area contributed by atoms with E-state index in [0.29, 0.717) is 5.88 Å². The molecule has 2 aromatic rings. The second kappa shape index (κ2) is 7.46. The molecular formula is C17H20BrN3O2. The first-order valence-corrected chi connectivity index (χ1v) is 8.24. The number of hydrogen-bond donors (Lipinski definition) is 2. The molecule has 0 aliphatic carbocycles. The third-order valence-electron chi connectivity index (χ3n) is 3.37. The predicted octanol–water partition coefficient (Wildman–Crippen LogP) is 4.33. The Labute approximate surface area is 144 Å². The Morgan fingerprint density at radius 3 is 2.78 bits per heavy atom. The zero-order valence-electron chi connectivity index (χ0n) is 13.4. The lowest BCUT2D eigenvalue weighted by molar-refractivity contribution is 0.273. The minimum Gasteiger partial charge on any atom is -0.465 e. The van der Waals surface area contributed by atoms with Gasteiger partial charge in [0.25, 0.3) is 6.02 Å². The molecule has 1 aliphatic heterocycles. The fraction of sp³-hybridized carbons (Fsp3) is 0.294. The summed E-state index contributed by atoms with van der Waals surface area (Å²) < 4.78 is 12.0. The molecule has 5 nitrogen and oxygen atoms in total. The second-order valence-electron chi connectivity index (χ2n) is 4.92. The molecule has 1 aliphatic rings. The lowest BCUT2D eigenvalue weighted by Crippen LogP contribution is -2.22. The molecule has 2 heterocycles. The Morgan fingerprint density at radius 2 is 2.09 bits per heavy atom. The third kappa shape index (κ3) is 3.82. The Morgan fingerprint density at radius 1 is 1.35 bits per heavy atom. The molecule has 0 saturated carbocycles. The summed E-state index contributed by atoms with van der Waals surface area (Å²) in [7, 11) is 0. The topological polar surface area (TPSA) is 81.2 Å².